The van der Waals surface area contributed by atoms with Crippen LogP contribution in [0.5, 0.6) is 5.75 Å². The van der Waals surface area contributed by atoms with Crippen LogP contribution in [0.15, 0.2) is 41.1 Å². The fourth-order valence-electron chi connectivity index (χ4n) is 4.72. The van der Waals surface area contributed by atoms with Crippen molar-refractivity contribution < 1.29 is 23.5 Å². The summed E-state index contributed by atoms with van der Waals surface area (Å²) in [7, 11) is 0. The lowest BCUT2D eigenvalue weighted by Gasteiger charge is -2.35. The van der Waals surface area contributed by atoms with E-state index in [1.165, 1.54) is 18.0 Å². The lowest BCUT2D eigenvalue weighted by atomic mass is 9.82. The predicted molar refractivity (Wildman–Crippen MR) is 118 cm³/mol. The molecular weight excluding hydrogens is 410 g/mol. The summed E-state index contributed by atoms with van der Waals surface area (Å²) in [6, 6.07) is 8.04. The van der Waals surface area contributed by atoms with Crippen LogP contribution in [0.2, 0.25) is 0 Å². The first-order chi connectivity index (χ1) is 15.7. The number of para-hydroxylation sites is 1. The average molecular weight is 442 g/mol. The molecule has 0 spiro atoms. The van der Waals surface area contributed by atoms with E-state index in [1.54, 1.807) is 0 Å². The zero-order valence-electron chi connectivity index (χ0n) is 18.2. The number of benzene rings is 1. The molecule has 4 rings (SSSR count). The van der Waals surface area contributed by atoms with Gasteiger partial charge in [0.05, 0.1) is 24.9 Å². The Hall–Kier alpha value is -2.71. The van der Waals surface area contributed by atoms with Crippen molar-refractivity contribution in [3.63, 3.8) is 0 Å². The van der Waals surface area contributed by atoms with E-state index >= 15 is 0 Å². The van der Waals surface area contributed by atoms with Gasteiger partial charge in [0, 0.05) is 6.04 Å². The molecular formula is C24H31N3O5. The van der Waals surface area contributed by atoms with Crippen molar-refractivity contribution in [3.8, 4) is 5.75 Å². The standard InChI is InChI=1S/C24H31N3O5/c28-13-15-30-22-6-2-1-4-19(22)17-7-9-18(10-8-17)32-16-21-20(5-3-11-25-21)27-23(29)24-26-12-14-31-24/h1-2,4,6,12-14,17-18,20-21,25H,3,5,7-11,15-16H2,(H,27,29)/t17?,18?,20-,21-/m0/s1. The highest BCUT2D eigenvalue weighted by Gasteiger charge is 2.30. The monoisotopic (exact) mass is 441 g/mol. The molecule has 1 saturated carbocycles. The second-order valence-electron chi connectivity index (χ2n) is 8.44. The lowest BCUT2D eigenvalue weighted by molar-refractivity contribution is -0.109. The van der Waals surface area contributed by atoms with Crippen molar-refractivity contribution in [3.05, 3.63) is 48.2 Å². The molecule has 1 aliphatic heterocycles. The summed E-state index contributed by atoms with van der Waals surface area (Å²) in [6.07, 6.45) is 9.77. The summed E-state index contributed by atoms with van der Waals surface area (Å²) in [5.41, 5.74) is 1.18. The molecule has 1 aromatic heterocycles. The van der Waals surface area contributed by atoms with Crippen molar-refractivity contribution in [1.82, 2.24) is 15.6 Å². The van der Waals surface area contributed by atoms with Gasteiger partial charge in [0.1, 0.15) is 18.6 Å². The first-order valence-electron chi connectivity index (χ1n) is 11.4. The maximum absolute atomic E-state index is 12.3. The SMILES string of the molecule is O=CCOc1ccccc1C1CCC(OC[C@@H]2NCCC[C@@H]2NC(=O)c2ncco2)CC1. The Morgan fingerprint density at radius 1 is 1.22 bits per heavy atom. The molecule has 8 heteroatoms. The molecule has 1 aromatic carbocycles. The fourth-order valence-corrected chi connectivity index (χ4v) is 4.72. The molecule has 1 saturated heterocycles. The van der Waals surface area contributed by atoms with Gasteiger partial charge in [-0.1, -0.05) is 18.2 Å². The number of ether oxygens (including phenoxy) is 2. The Morgan fingerprint density at radius 3 is 2.84 bits per heavy atom. The topological polar surface area (TPSA) is 103 Å². The molecule has 2 aliphatic rings. The number of hydrogen-bond donors (Lipinski definition) is 2. The molecule has 0 unspecified atom stereocenters. The Balaban J connectivity index is 1.26. The molecule has 172 valence electrons. The highest BCUT2D eigenvalue weighted by Crippen LogP contribution is 2.38. The van der Waals surface area contributed by atoms with Gasteiger partial charge in [0.25, 0.3) is 5.89 Å². The van der Waals surface area contributed by atoms with Crippen molar-refractivity contribution >= 4 is 12.2 Å². The Bertz CT molecular complexity index is 864. The summed E-state index contributed by atoms with van der Waals surface area (Å²) in [5.74, 6) is 1.02. The van der Waals surface area contributed by atoms with Crippen molar-refractivity contribution in [2.45, 2.75) is 62.6 Å². The first kappa shape index (κ1) is 22.5. The van der Waals surface area contributed by atoms with E-state index in [0.717, 1.165) is 57.1 Å². The molecule has 2 heterocycles. The number of rotatable bonds is 9. The minimum Gasteiger partial charge on any atom is -0.486 e. The normalized spacial score (nSPS) is 25.8. The van der Waals surface area contributed by atoms with E-state index in [1.807, 2.05) is 18.2 Å². The molecule has 2 aromatic rings. The predicted octanol–water partition coefficient (Wildman–Crippen LogP) is 2.85. The number of aldehydes is 1. The maximum Gasteiger partial charge on any atom is 0.307 e. The second-order valence-corrected chi connectivity index (χ2v) is 8.44. The summed E-state index contributed by atoms with van der Waals surface area (Å²) in [6.45, 7) is 1.56. The van der Waals surface area contributed by atoms with Crippen LogP contribution in [0.25, 0.3) is 0 Å². The number of hydrogen-bond acceptors (Lipinski definition) is 7. The Labute approximate surface area is 188 Å². The van der Waals surface area contributed by atoms with E-state index in [-0.39, 0.29) is 36.6 Å². The third kappa shape index (κ3) is 5.75. The number of amides is 1. The van der Waals surface area contributed by atoms with Crippen LogP contribution in [0.1, 0.15) is 60.7 Å². The molecule has 0 bridgehead atoms. The van der Waals surface area contributed by atoms with E-state index in [0.29, 0.717) is 12.5 Å². The van der Waals surface area contributed by atoms with Crippen LogP contribution in [-0.2, 0) is 9.53 Å². The summed E-state index contributed by atoms with van der Waals surface area (Å²) < 4.78 is 17.0. The number of oxazole rings is 1. The highest BCUT2D eigenvalue weighted by molar-refractivity contribution is 5.89. The summed E-state index contributed by atoms with van der Waals surface area (Å²) >= 11 is 0. The van der Waals surface area contributed by atoms with Gasteiger partial charge in [-0.2, -0.15) is 0 Å². The van der Waals surface area contributed by atoms with E-state index in [4.69, 9.17) is 13.9 Å². The summed E-state index contributed by atoms with van der Waals surface area (Å²) in [4.78, 5) is 26.9. The van der Waals surface area contributed by atoms with Gasteiger partial charge in [0.15, 0.2) is 6.29 Å². The van der Waals surface area contributed by atoms with Crippen molar-refractivity contribution in [2.24, 2.45) is 0 Å². The number of carbonyl (C=O) groups excluding carboxylic acids is 2. The van der Waals surface area contributed by atoms with Crippen molar-refractivity contribution in [2.75, 3.05) is 19.8 Å². The average Bonchev–Trinajstić information content (AvgIpc) is 3.38. The molecule has 0 radical (unpaired) electrons. The molecule has 2 fully saturated rings. The van der Waals surface area contributed by atoms with E-state index in [9.17, 15) is 9.59 Å². The minimum atomic E-state index is -0.287. The smallest absolute Gasteiger partial charge is 0.307 e. The van der Waals surface area contributed by atoms with Gasteiger partial charge in [-0.25, -0.2) is 4.98 Å². The number of piperidine rings is 1. The van der Waals surface area contributed by atoms with E-state index in [2.05, 4.69) is 21.7 Å². The number of nitrogens with one attached hydrogen (secondary N) is 2. The van der Waals surface area contributed by atoms with Gasteiger partial charge in [-0.3, -0.25) is 9.59 Å². The minimum absolute atomic E-state index is 0.0127. The van der Waals surface area contributed by atoms with Gasteiger partial charge >= 0.3 is 5.91 Å². The van der Waals surface area contributed by atoms with Crippen molar-refractivity contribution in [1.29, 1.82) is 0 Å². The van der Waals surface area contributed by atoms with E-state index < -0.39 is 0 Å². The number of carbonyl (C=O) groups is 2. The maximum atomic E-state index is 12.3. The molecule has 32 heavy (non-hydrogen) atoms. The van der Waals surface area contributed by atoms with Gasteiger partial charge in [0.2, 0.25) is 0 Å². The van der Waals surface area contributed by atoms with Gasteiger partial charge in [-0.05, 0) is 62.6 Å². The number of aromatic nitrogens is 1. The van der Waals surface area contributed by atoms with Gasteiger partial charge < -0.3 is 24.5 Å². The molecule has 2 atom stereocenters. The number of nitrogens with zero attached hydrogens (tertiary/aromatic N) is 1. The fraction of sp³-hybridized carbons (Fsp3) is 0.542. The zero-order chi connectivity index (χ0) is 22.2. The third-order valence-electron chi connectivity index (χ3n) is 6.38. The summed E-state index contributed by atoms with van der Waals surface area (Å²) in [5, 5.41) is 6.52. The third-order valence-corrected chi connectivity index (χ3v) is 6.38. The van der Waals surface area contributed by atoms with Crippen LogP contribution in [0.4, 0.5) is 0 Å². The van der Waals surface area contributed by atoms with Crippen LogP contribution in [0.3, 0.4) is 0 Å². The van der Waals surface area contributed by atoms with Crippen LogP contribution < -0.4 is 15.4 Å². The van der Waals surface area contributed by atoms with Gasteiger partial charge in [-0.15, -0.1) is 0 Å². The largest absolute Gasteiger partial charge is 0.486 e. The Morgan fingerprint density at radius 2 is 2.06 bits per heavy atom. The molecule has 8 nitrogen and oxygen atoms in total. The quantitative estimate of drug-likeness (QED) is 0.577. The highest BCUT2D eigenvalue weighted by atomic mass is 16.5. The van der Waals surface area contributed by atoms with Crippen LogP contribution in [0, 0.1) is 0 Å². The Kier molecular flexibility index (Phi) is 7.90. The molecule has 2 N–H and O–H groups in total. The first-order valence-corrected chi connectivity index (χ1v) is 11.4. The van der Waals surface area contributed by atoms with Crippen LogP contribution in [-0.4, -0.2) is 55.1 Å². The lowest BCUT2D eigenvalue weighted by Crippen LogP contribution is -2.55. The molecule has 1 aliphatic carbocycles. The zero-order valence-corrected chi connectivity index (χ0v) is 18.2. The second kappa shape index (κ2) is 11.2. The van der Waals surface area contributed by atoms with Crippen LogP contribution >= 0.6 is 0 Å². The molecule has 1 amide bonds.